The summed E-state index contributed by atoms with van der Waals surface area (Å²) in [5.41, 5.74) is -0.656. The number of aliphatic hydroxyl groups is 1. The molecule has 1 saturated heterocycles. The first-order valence-corrected chi connectivity index (χ1v) is 12.9. The maximum absolute atomic E-state index is 15.1. The topological polar surface area (TPSA) is 135 Å². The highest BCUT2D eigenvalue weighted by Crippen LogP contribution is 2.32. The van der Waals surface area contributed by atoms with E-state index in [1.165, 1.54) is 20.0 Å². The second-order valence-corrected chi connectivity index (χ2v) is 10.4. The molecule has 0 saturated carbocycles. The Bertz CT molecular complexity index is 1360. The number of piperidine rings is 1. The minimum Gasteiger partial charge on any atom is -0.489 e. The third kappa shape index (κ3) is 6.50. The Labute approximate surface area is 225 Å². The lowest BCUT2D eigenvalue weighted by molar-refractivity contribution is 0.0708. The van der Waals surface area contributed by atoms with Gasteiger partial charge in [0.15, 0.2) is 17.5 Å². The third-order valence-electron chi connectivity index (χ3n) is 6.65. The summed E-state index contributed by atoms with van der Waals surface area (Å²) in [7, 11) is 1.42. The van der Waals surface area contributed by atoms with E-state index >= 15 is 4.39 Å². The van der Waals surface area contributed by atoms with Crippen LogP contribution in [0.15, 0.2) is 23.1 Å². The van der Waals surface area contributed by atoms with Crippen molar-refractivity contribution in [2.24, 2.45) is 7.05 Å². The van der Waals surface area contributed by atoms with Crippen molar-refractivity contribution in [3.8, 4) is 11.4 Å². The van der Waals surface area contributed by atoms with Crippen LogP contribution in [0.3, 0.4) is 0 Å². The number of hydrogen-bond acceptors (Lipinski definition) is 10. The Morgan fingerprint density at radius 2 is 2.03 bits per heavy atom. The van der Waals surface area contributed by atoms with Crippen molar-refractivity contribution in [2.75, 3.05) is 30.3 Å². The second-order valence-electron chi connectivity index (χ2n) is 10.4. The largest absolute Gasteiger partial charge is 0.489 e. The van der Waals surface area contributed by atoms with Crippen molar-refractivity contribution < 1.29 is 18.6 Å². The van der Waals surface area contributed by atoms with Gasteiger partial charge in [-0.2, -0.15) is 14.3 Å². The average Bonchev–Trinajstić information content (AvgIpc) is 3.20. The standard InChI is InChI=1S/C25H35F2N9O3/c1-6-8-35-9-7-16(12-25(35,3)4)29-22-18(27)13-28-23(31-22)30-19-11-20(36-24(38)34(5)32-33-36)21(10-17(19)26)39-14-15(2)37/h10-11,13,15-16,37H,6-9,12,14H2,1-5H3,(H2,28,29,30,31). The van der Waals surface area contributed by atoms with Crippen LogP contribution in [0.4, 0.5) is 26.2 Å². The van der Waals surface area contributed by atoms with E-state index in [0.29, 0.717) is 0 Å². The van der Waals surface area contributed by atoms with Gasteiger partial charge in [-0.3, -0.25) is 4.90 Å². The van der Waals surface area contributed by atoms with E-state index < -0.39 is 23.4 Å². The first kappa shape index (κ1) is 28.4. The highest BCUT2D eigenvalue weighted by atomic mass is 19.1. The summed E-state index contributed by atoms with van der Waals surface area (Å²) in [6.45, 7) is 9.77. The smallest absolute Gasteiger partial charge is 0.368 e. The van der Waals surface area contributed by atoms with Gasteiger partial charge in [0.1, 0.15) is 18.0 Å². The van der Waals surface area contributed by atoms with Gasteiger partial charge >= 0.3 is 5.69 Å². The molecule has 12 nitrogen and oxygen atoms in total. The predicted molar refractivity (Wildman–Crippen MR) is 142 cm³/mol. The van der Waals surface area contributed by atoms with Crippen molar-refractivity contribution >= 4 is 17.5 Å². The Morgan fingerprint density at radius 1 is 1.26 bits per heavy atom. The maximum atomic E-state index is 15.1. The van der Waals surface area contributed by atoms with Gasteiger partial charge in [-0.15, -0.1) is 0 Å². The predicted octanol–water partition coefficient (Wildman–Crippen LogP) is 2.60. The molecular formula is C25H35F2N9O3. The quantitative estimate of drug-likeness (QED) is 0.348. The number of hydrogen-bond donors (Lipinski definition) is 3. The number of tetrazole rings is 1. The van der Waals surface area contributed by atoms with Crippen LogP contribution in [-0.4, -0.2) is 77.1 Å². The molecule has 1 aliphatic rings. The van der Waals surface area contributed by atoms with E-state index in [0.717, 1.165) is 54.0 Å². The monoisotopic (exact) mass is 547 g/mol. The fourth-order valence-electron chi connectivity index (χ4n) is 4.69. The second kappa shape index (κ2) is 11.6. The highest BCUT2D eigenvalue weighted by molar-refractivity contribution is 5.63. The Hall–Kier alpha value is -3.65. The van der Waals surface area contributed by atoms with Gasteiger partial charge in [-0.05, 0) is 63.1 Å². The van der Waals surface area contributed by atoms with E-state index in [4.69, 9.17) is 4.74 Å². The van der Waals surface area contributed by atoms with Crippen LogP contribution in [-0.2, 0) is 7.05 Å². The zero-order valence-corrected chi connectivity index (χ0v) is 22.8. The van der Waals surface area contributed by atoms with Crippen molar-refractivity contribution in [3.05, 3.63) is 40.4 Å². The number of aryl methyl sites for hydroxylation is 1. The number of aliphatic hydroxyl groups excluding tert-OH is 1. The minimum absolute atomic E-state index is 0.00238. The molecule has 14 heteroatoms. The van der Waals surface area contributed by atoms with Crippen molar-refractivity contribution in [3.63, 3.8) is 0 Å². The molecule has 3 heterocycles. The lowest BCUT2D eigenvalue weighted by Crippen LogP contribution is -2.53. The van der Waals surface area contributed by atoms with E-state index in [1.807, 2.05) is 0 Å². The van der Waals surface area contributed by atoms with Crippen LogP contribution in [0.25, 0.3) is 5.69 Å². The van der Waals surface area contributed by atoms with E-state index in [9.17, 15) is 14.3 Å². The zero-order valence-electron chi connectivity index (χ0n) is 22.8. The molecule has 0 radical (unpaired) electrons. The number of nitrogens with zero attached hydrogens (tertiary/aromatic N) is 7. The van der Waals surface area contributed by atoms with E-state index in [2.05, 4.69) is 56.7 Å². The van der Waals surface area contributed by atoms with Gasteiger partial charge in [0.25, 0.3) is 0 Å². The summed E-state index contributed by atoms with van der Waals surface area (Å²) in [4.78, 5) is 23.1. The summed E-state index contributed by atoms with van der Waals surface area (Å²) < 4.78 is 37.2. The van der Waals surface area contributed by atoms with Crippen LogP contribution in [0.2, 0.25) is 0 Å². The Kier molecular flexibility index (Phi) is 8.45. The molecular weight excluding hydrogens is 512 g/mol. The van der Waals surface area contributed by atoms with E-state index in [-0.39, 0.29) is 47.1 Å². The van der Waals surface area contributed by atoms with Crippen LogP contribution >= 0.6 is 0 Å². The number of aromatic nitrogens is 6. The first-order chi connectivity index (χ1) is 18.5. The van der Waals surface area contributed by atoms with Crippen molar-refractivity contribution in [1.29, 1.82) is 0 Å². The lowest BCUT2D eigenvalue weighted by atomic mass is 9.87. The number of ether oxygens (including phenoxy) is 1. The molecule has 1 aliphatic heterocycles. The maximum Gasteiger partial charge on any atom is 0.368 e. The van der Waals surface area contributed by atoms with Crippen LogP contribution < -0.4 is 21.1 Å². The molecule has 0 spiro atoms. The number of benzene rings is 1. The van der Waals surface area contributed by atoms with Gasteiger partial charge in [-0.25, -0.2) is 18.6 Å². The molecule has 212 valence electrons. The number of rotatable bonds is 10. The zero-order chi connectivity index (χ0) is 28.3. The molecule has 2 unspecified atom stereocenters. The van der Waals surface area contributed by atoms with Crippen molar-refractivity contribution in [1.82, 2.24) is 34.7 Å². The SMILES string of the molecule is CCCN1CCC(Nc2nc(Nc3cc(-n4nnn(C)c4=O)c(OCC(C)O)cc3F)ncc2F)CC1(C)C. The summed E-state index contributed by atoms with van der Waals surface area (Å²) in [6, 6.07) is 2.34. The third-order valence-corrected chi connectivity index (χ3v) is 6.65. The minimum atomic E-state index is -0.833. The number of nitrogens with one attached hydrogen (secondary N) is 2. The van der Waals surface area contributed by atoms with Crippen LogP contribution in [0.1, 0.15) is 47.0 Å². The summed E-state index contributed by atoms with van der Waals surface area (Å²) in [5.74, 6) is -1.43. The fourth-order valence-corrected chi connectivity index (χ4v) is 4.69. The summed E-state index contributed by atoms with van der Waals surface area (Å²) in [5, 5.41) is 23.0. The molecule has 0 bridgehead atoms. The van der Waals surface area contributed by atoms with Gasteiger partial charge < -0.3 is 20.5 Å². The fraction of sp³-hybridized carbons (Fsp3) is 0.560. The average molecular weight is 548 g/mol. The van der Waals surface area contributed by atoms with E-state index in [1.54, 1.807) is 0 Å². The number of halogens is 2. The number of anilines is 3. The van der Waals surface area contributed by atoms with Gasteiger partial charge in [0, 0.05) is 31.2 Å². The summed E-state index contributed by atoms with van der Waals surface area (Å²) in [6.07, 6.45) is 2.88. The Balaban J connectivity index is 1.59. The molecule has 39 heavy (non-hydrogen) atoms. The molecule has 3 N–H and O–H groups in total. The molecule has 3 aromatic rings. The molecule has 0 amide bonds. The normalized spacial score (nSPS) is 18.1. The summed E-state index contributed by atoms with van der Waals surface area (Å²) >= 11 is 0. The number of likely N-dealkylation sites (tertiary alicyclic amines) is 1. The molecule has 1 aromatic carbocycles. The van der Waals surface area contributed by atoms with Gasteiger partial charge in [0.05, 0.1) is 18.0 Å². The van der Waals surface area contributed by atoms with Gasteiger partial charge in [0.2, 0.25) is 5.95 Å². The molecule has 4 rings (SSSR count). The lowest BCUT2D eigenvalue weighted by Gasteiger charge is -2.46. The first-order valence-electron chi connectivity index (χ1n) is 12.9. The van der Waals surface area contributed by atoms with Crippen LogP contribution in [0.5, 0.6) is 5.75 Å². The molecule has 1 fully saturated rings. The molecule has 2 aromatic heterocycles. The molecule has 0 aliphatic carbocycles. The highest BCUT2D eigenvalue weighted by Gasteiger charge is 2.34. The van der Waals surface area contributed by atoms with Gasteiger partial charge in [-0.1, -0.05) is 6.92 Å². The van der Waals surface area contributed by atoms with Crippen molar-refractivity contribution in [2.45, 2.75) is 64.6 Å². The van der Waals surface area contributed by atoms with Crippen LogP contribution in [0, 0.1) is 11.6 Å². The Morgan fingerprint density at radius 3 is 2.67 bits per heavy atom. The molecule has 2 atom stereocenters.